The summed E-state index contributed by atoms with van der Waals surface area (Å²) in [6.07, 6.45) is 1.94. The highest BCUT2D eigenvalue weighted by Crippen LogP contribution is 2.38. The second kappa shape index (κ2) is 6.75. The number of benzene rings is 1. The molecule has 2 nitrogen and oxygen atoms in total. The fourth-order valence-corrected chi connectivity index (χ4v) is 2.34. The number of hydrogen-bond donors (Lipinski definition) is 1. The molecule has 0 radical (unpaired) electrons. The standard InChI is InChI=1S/C17H23NO/c1-14-11-17(14)13-18(2)12-16-8-6-15(7-9-16)5-3-4-10-19/h6-9,14,17,19H,4,10-13H2,1-2H3. The van der Waals surface area contributed by atoms with E-state index in [1.165, 1.54) is 18.5 Å². The van der Waals surface area contributed by atoms with Crippen molar-refractivity contribution in [2.24, 2.45) is 11.8 Å². The summed E-state index contributed by atoms with van der Waals surface area (Å²) in [5.41, 5.74) is 2.36. The molecule has 1 aliphatic carbocycles. The molecule has 2 unspecified atom stereocenters. The number of hydrogen-bond acceptors (Lipinski definition) is 2. The van der Waals surface area contributed by atoms with Crippen molar-refractivity contribution in [2.45, 2.75) is 26.3 Å². The van der Waals surface area contributed by atoms with Crippen molar-refractivity contribution in [2.75, 3.05) is 20.2 Å². The first-order chi connectivity index (χ1) is 9.19. The van der Waals surface area contributed by atoms with Crippen LogP contribution in [0.15, 0.2) is 24.3 Å². The highest BCUT2D eigenvalue weighted by atomic mass is 16.2. The van der Waals surface area contributed by atoms with Crippen LogP contribution in [0.1, 0.15) is 30.9 Å². The van der Waals surface area contributed by atoms with Gasteiger partial charge in [-0.15, -0.1) is 0 Å². The van der Waals surface area contributed by atoms with Crippen molar-refractivity contribution < 1.29 is 5.11 Å². The Hall–Kier alpha value is -1.30. The van der Waals surface area contributed by atoms with Crippen molar-refractivity contribution in [3.8, 4) is 11.8 Å². The first-order valence-corrected chi connectivity index (χ1v) is 7.06. The topological polar surface area (TPSA) is 23.5 Å². The van der Waals surface area contributed by atoms with Crippen LogP contribution in [0.5, 0.6) is 0 Å². The number of aliphatic hydroxyl groups excluding tert-OH is 1. The monoisotopic (exact) mass is 257 g/mol. The Kier molecular flexibility index (Phi) is 5.01. The van der Waals surface area contributed by atoms with Gasteiger partial charge in [0.15, 0.2) is 0 Å². The third-order valence-electron chi connectivity index (χ3n) is 3.70. The maximum Gasteiger partial charge on any atom is 0.0540 e. The van der Waals surface area contributed by atoms with Crippen LogP contribution >= 0.6 is 0 Å². The molecule has 1 fully saturated rings. The van der Waals surface area contributed by atoms with E-state index in [1.54, 1.807) is 0 Å². The summed E-state index contributed by atoms with van der Waals surface area (Å²) in [6.45, 7) is 4.68. The Bertz CT molecular complexity index is 454. The van der Waals surface area contributed by atoms with Gasteiger partial charge in [0.1, 0.15) is 0 Å². The first-order valence-electron chi connectivity index (χ1n) is 7.06. The van der Waals surface area contributed by atoms with Crippen LogP contribution in [-0.4, -0.2) is 30.2 Å². The Morgan fingerprint density at radius 2 is 2.00 bits per heavy atom. The fourth-order valence-electron chi connectivity index (χ4n) is 2.34. The summed E-state index contributed by atoms with van der Waals surface area (Å²) in [5.74, 6) is 7.82. The predicted molar refractivity (Wildman–Crippen MR) is 78.6 cm³/mol. The molecular formula is C17H23NO. The van der Waals surface area contributed by atoms with Gasteiger partial charge in [0.25, 0.3) is 0 Å². The lowest BCUT2D eigenvalue weighted by molar-refractivity contribution is 0.305. The number of nitrogens with zero attached hydrogens (tertiary/aromatic N) is 1. The van der Waals surface area contributed by atoms with Gasteiger partial charge in [0.2, 0.25) is 0 Å². The van der Waals surface area contributed by atoms with E-state index in [4.69, 9.17) is 5.11 Å². The molecule has 2 heteroatoms. The summed E-state index contributed by atoms with van der Waals surface area (Å²) in [7, 11) is 2.19. The van der Waals surface area contributed by atoms with Crippen molar-refractivity contribution in [1.29, 1.82) is 0 Å². The summed E-state index contributed by atoms with van der Waals surface area (Å²) < 4.78 is 0. The lowest BCUT2D eigenvalue weighted by atomic mass is 10.1. The molecule has 1 saturated carbocycles. The number of rotatable bonds is 5. The molecule has 19 heavy (non-hydrogen) atoms. The van der Waals surface area contributed by atoms with E-state index in [2.05, 4.69) is 55.0 Å². The van der Waals surface area contributed by atoms with Gasteiger partial charge < -0.3 is 10.0 Å². The van der Waals surface area contributed by atoms with Gasteiger partial charge in [-0.25, -0.2) is 0 Å². The van der Waals surface area contributed by atoms with Crippen LogP contribution in [0, 0.1) is 23.7 Å². The van der Waals surface area contributed by atoms with E-state index in [0.29, 0.717) is 6.42 Å². The van der Waals surface area contributed by atoms with Crippen molar-refractivity contribution in [1.82, 2.24) is 4.90 Å². The molecule has 0 spiro atoms. The van der Waals surface area contributed by atoms with Gasteiger partial charge >= 0.3 is 0 Å². The zero-order valence-electron chi connectivity index (χ0n) is 11.9. The van der Waals surface area contributed by atoms with E-state index < -0.39 is 0 Å². The average Bonchev–Trinajstić information content (AvgIpc) is 3.07. The molecule has 1 aromatic rings. The van der Waals surface area contributed by atoms with Gasteiger partial charge in [0.05, 0.1) is 6.61 Å². The first kappa shape index (κ1) is 14.1. The smallest absolute Gasteiger partial charge is 0.0540 e. The van der Waals surface area contributed by atoms with E-state index in [-0.39, 0.29) is 6.61 Å². The molecule has 0 bridgehead atoms. The van der Waals surface area contributed by atoms with Crippen molar-refractivity contribution >= 4 is 0 Å². The molecule has 0 aromatic heterocycles. The van der Waals surface area contributed by atoms with Crippen molar-refractivity contribution in [3.63, 3.8) is 0 Å². The minimum Gasteiger partial charge on any atom is -0.395 e. The molecule has 0 aliphatic heterocycles. The van der Waals surface area contributed by atoms with Gasteiger partial charge in [-0.3, -0.25) is 0 Å². The minimum absolute atomic E-state index is 0.134. The minimum atomic E-state index is 0.134. The summed E-state index contributed by atoms with van der Waals surface area (Å²) in [5, 5.41) is 8.68. The van der Waals surface area contributed by atoms with Gasteiger partial charge in [-0.1, -0.05) is 30.9 Å². The van der Waals surface area contributed by atoms with Crippen LogP contribution in [0.25, 0.3) is 0 Å². The number of aliphatic hydroxyl groups is 1. The lowest BCUT2D eigenvalue weighted by Gasteiger charge is -2.16. The summed E-state index contributed by atoms with van der Waals surface area (Å²) in [6, 6.07) is 8.42. The maximum absolute atomic E-state index is 8.68. The Labute approximate surface area is 116 Å². The molecule has 2 rings (SSSR count). The molecule has 1 aliphatic rings. The van der Waals surface area contributed by atoms with Crippen LogP contribution in [0.3, 0.4) is 0 Å². The second-order valence-electron chi connectivity index (χ2n) is 5.64. The molecule has 1 aromatic carbocycles. The van der Waals surface area contributed by atoms with Crippen LogP contribution < -0.4 is 0 Å². The molecular weight excluding hydrogens is 234 g/mol. The molecule has 102 valence electrons. The Morgan fingerprint density at radius 3 is 2.58 bits per heavy atom. The summed E-state index contributed by atoms with van der Waals surface area (Å²) in [4.78, 5) is 2.40. The van der Waals surface area contributed by atoms with Gasteiger partial charge in [-0.2, -0.15) is 0 Å². The third-order valence-corrected chi connectivity index (χ3v) is 3.70. The second-order valence-corrected chi connectivity index (χ2v) is 5.64. The highest BCUT2D eigenvalue weighted by molar-refractivity contribution is 5.36. The highest BCUT2D eigenvalue weighted by Gasteiger charge is 2.32. The molecule has 0 heterocycles. The van der Waals surface area contributed by atoms with Crippen LogP contribution in [0.2, 0.25) is 0 Å². The Morgan fingerprint density at radius 1 is 1.32 bits per heavy atom. The van der Waals surface area contributed by atoms with Gasteiger partial charge in [0, 0.05) is 25.1 Å². The zero-order chi connectivity index (χ0) is 13.7. The molecule has 1 N–H and O–H groups in total. The molecule has 2 atom stereocenters. The largest absolute Gasteiger partial charge is 0.395 e. The molecule has 0 amide bonds. The van der Waals surface area contributed by atoms with E-state index in [9.17, 15) is 0 Å². The summed E-state index contributed by atoms with van der Waals surface area (Å²) >= 11 is 0. The predicted octanol–water partition coefficient (Wildman–Crippen LogP) is 2.51. The third kappa shape index (κ3) is 4.70. The zero-order valence-corrected chi connectivity index (χ0v) is 11.9. The van der Waals surface area contributed by atoms with Gasteiger partial charge in [-0.05, 0) is 43.0 Å². The SMILES string of the molecule is CC1CC1CN(C)Cc1ccc(C#CCCO)cc1. The lowest BCUT2D eigenvalue weighted by Crippen LogP contribution is -2.20. The van der Waals surface area contributed by atoms with Crippen LogP contribution in [0.4, 0.5) is 0 Å². The normalized spacial score (nSPS) is 21.1. The van der Waals surface area contributed by atoms with Crippen molar-refractivity contribution in [3.05, 3.63) is 35.4 Å². The average molecular weight is 257 g/mol. The molecule has 0 saturated heterocycles. The Balaban J connectivity index is 1.82. The fraction of sp³-hybridized carbons (Fsp3) is 0.529. The quantitative estimate of drug-likeness (QED) is 0.819. The van der Waals surface area contributed by atoms with E-state index in [0.717, 1.165) is 23.9 Å². The van der Waals surface area contributed by atoms with E-state index >= 15 is 0 Å². The maximum atomic E-state index is 8.68. The van der Waals surface area contributed by atoms with Crippen LogP contribution in [-0.2, 0) is 6.54 Å². The van der Waals surface area contributed by atoms with E-state index in [1.807, 2.05) is 0 Å².